The van der Waals surface area contributed by atoms with Gasteiger partial charge in [-0.25, -0.2) is 0 Å². The van der Waals surface area contributed by atoms with Gasteiger partial charge in [0.05, 0.1) is 5.92 Å². The van der Waals surface area contributed by atoms with Crippen molar-refractivity contribution in [3.63, 3.8) is 0 Å². The Balaban J connectivity index is 2.62. The predicted molar refractivity (Wildman–Crippen MR) is 69.7 cm³/mol. The van der Waals surface area contributed by atoms with Gasteiger partial charge >= 0.3 is 0 Å². The number of rotatable bonds is 4. The Labute approximate surface area is 101 Å². The van der Waals surface area contributed by atoms with Crippen molar-refractivity contribution in [1.82, 2.24) is 0 Å². The molecule has 3 nitrogen and oxygen atoms in total. The SMILES string of the molecule is CSc1ccc(NC(=O)C(C)C(C)N)cc1. The number of nitrogens with two attached hydrogens (primary N) is 1. The second-order valence-electron chi connectivity index (χ2n) is 3.87. The zero-order valence-electron chi connectivity index (χ0n) is 9.86. The number of carbonyl (C=O) groups excluding carboxylic acids is 1. The van der Waals surface area contributed by atoms with E-state index >= 15 is 0 Å². The Kier molecular flexibility index (Phi) is 4.83. The van der Waals surface area contributed by atoms with E-state index in [1.165, 1.54) is 4.90 Å². The topological polar surface area (TPSA) is 55.1 Å². The number of benzene rings is 1. The zero-order valence-corrected chi connectivity index (χ0v) is 10.7. The minimum absolute atomic E-state index is 0.0353. The summed E-state index contributed by atoms with van der Waals surface area (Å²) in [5.41, 5.74) is 6.49. The summed E-state index contributed by atoms with van der Waals surface area (Å²) < 4.78 is 0. The van der Waals surface area contributed by atoms with Crippen LogP contribution >= 0.6 is 11.8 Å². The predicted octanol–water partition coefficient (Wildman–Crippen LogP) is 2.33. The van der Waals surface area contributed by atoms with Gasteiger partial charge in [0.2, 0.25) is 5.91 Å². The van der Waals surface area contributed by atoms with Crippen LogP contribution in [0.25, 0.3) is 0 Å². The molecule has 3 N–H and O–H groups in total. The van der Waals surface area contributed by atoms with E-state index in [1.54, 1.807) is 11.8 Å². The molecular weight excluding hydrogens is 220 g/mol. The molecule has 1 aromatic rings. The maximum atomic E-state index is 11.7. The highest BCUT2D eigenvalue weighted by atomic mass is 32.2. The molecule has 0 saturated carbocycles. The molecule has 88 valence electrons. The Morgan fingerprint density at radius 2 is 1.88 bits per heavy atom. The van der Waals surface area contributed by atoms with Crippen molar-refractivity contribution in [2.24, 2.45) is 11.7 Å². The second kappa shape index (κ2) is 5.92. The molecule has 4 heteroatoms. The number of amides is 1. The molecular formula is C12H18N2OS. The van der Waals surface area contributed by atoms with Crippen LogP contribution in [0, 0.1) is 5.92 Å². The van der Waals surface area contributed by atoms with Crippen molar-refractivity contribution in [3.05, 3.63) is 24.3 Å². The first-order chi connectivity index (χ1) is 7.54. The molecule has 0 aliphatic rings. The smallest absolute Gasteiger partial charge is 0.228 e. The molecule has 16 heavy (non-hydrogen) atoms. The third kappa shape index (κ3) is 3.54. The average molecular weight is 238 g/mol. The summed E-state index contributed by atoms with van der Waals surface area (Å²) in [6.45, 7) is 3.66. The molecule has 0 aliphatic carbocycles. The Hall–Kier alpha value is -1.00. The van der Waals surface area contributed by atoms with Crippen molar-refractivity contribution in [3.8, 4) is 0 Å². The van der Waals surface area contributed by atoms with Gasteiger partial charge < -0.3 is 11.1 Å². The van der Waals surface area contributed by atoms with Crippen molar-refractivity contribution in [2.75, 3.05) is 11.6 Å². The Bertz CT molecular complexity index is 349. The molecule has 0 spiro atoms. The lowest BCUT2D eigenvalue weighted by atomic mass is 10.0. The lowest BCUT2D eigenvalue weighted by molar-refractivity contribution is -0.119. The number of anilines is 1. The second-order valence-corrected chi connectivity index (χ2v) is 4.75. The third-order valence-corrected chi connectivity index (χ3v) is 3.30. The number of nitrogens with one attached hydrogen (secondary N) is 1. The van der Waals surface area contributed by atoms with E-state index in [0.717, 1.165) is 5.69 Å². The maximum Gasteiger partial charge on any atom is 0.228 e. The summed E-state index contributed by atoms with van der Waals surface area (Å²) >= 11 is 1.67. The fourth-order valence-electron chi connectivity index (χ4n) is 1.17. The number of hydrogen-bond donors (Lipinski definition) is 2. The van der Waals surface area contributed by atoms with E-state index in [1.807, 2.05) is 44.4 Å². The summed E-state index contributed by atoms with van der Waals surface area (Å²) in [7, 11) is 0. The highest BCUT2D eigenvalue weighted by Crippen LogP contribution is 2.18. The van der Waals surface area contributed by atoms with Crippen LogP contribution in [0.1, 0.15) is 13.8 Å². The van der Waals surface area contributed by atoms with E-state index in [4.69, 9.17) is 5.73 Å². The summed E-state index contributed by atoms with van der Waals surface area (Å²) in [6.07, 6.45) is 2.02. The first kappa shape index (κ1) is 13.1. The fraction of sp³-hybridized carbons (Fsp3) is 0.417. The Morgan fingerprint density at radius 3 is 2.31 bits per heavy atom. The molecule has 0 aromatic heterocycles. The number of thioether (sulfide) groups is 1. The van der Waals surface area contributed by atoms with Crippen LogP contribution < -0.4 is 11.1 Å². The van der Waals surface area contributed by atoms with Gasteiger partial charge in [-0.15, -0.1) is 11.8 Å². The minimum Gasteiger partial charge on any atom is -0.327 e. The highest BCUT2D eigenvalue weighted by molar-refractivity contribution is 7.98. The van der Waals surface area contributed by atoms with Gasteiger partial charge in [0, 0.05) is 16.6 Å². The molecule has 0 saturated heterocycles. The quantitative estimate of drug-likeness (QED) is 0.792. The largest absolute Gasteiger partial charge is 0.327 e. The van der Waals surface area contributed by atoms with Gasteiger partial charge in [-0.1, -0.05) is 6.92 Å². The standard InChI is InChI=1S/C12H18N2OS/c1-8(9(2)13)12(15)14-10-4-6-11(16-3)7-5-10/h4-9H,13H2,1-3H3,(H,14,15). The molecule has 1 rings (SSSR count). The zero-order chi connectivity index (χ0) is 12.1. The lowest BCUT2D eigenvalue weighted by Crippen LogP contribution is -2.34. The van der Waals surface area contributed by atoms with Crippen LogP contribution in [0.5, 0.6) is 0 Å². The van der Waals surface area contributed by atoms with Gasteiger partial charge in [0.1, 0.15) is 0 Å². The lowest BCUT2D eigenvalue weighted by Gasteiger charge is -2.15. The van der Waals surface area contributed by atoms with Gasteiger partial charge in [-0.2, -0.15) is 0 Å². The summed E-state index contributed by atoms with van der Waals surface area (Å²) in [6, 6.07) is 7.63. The first-order valence-corrected chi connectivity index (χ1v) is 6.47. The maximum absolute atomic E-state index is 11.7. The van der Waals surface area contributed by atoms with Crippen molar-refractivity contribution >= 4 is 23.4 Å². The van der Waals surface area contributed by atoms with Gasteiger partial charge in [0.15, 0.2) is 0 Å². The molecule has 0 fully saturated rings. The third-order valence-electron chi connectivity index (χ3n) is 2.56. The molecule has 0 heterocycles. The number of carbonyl (C=O) groups is 1. The van der Waals surface area contributed by atoms with Crippen LogP contribution in [0.2, 0.25) is 0 Å². The first-order valence-electron chi connectivity index (χ1n) is 5.25. The van der Waals surface area contributed by atoms with E-state index < -0.39 is 0 Å². The van der Waals surface area contributed by atoms with Crippen LogP contribution in [-0.2, 0) is 4.79 Å². The van der Waals surface area contributed by atoms with E-state index in [0.29, 0.717) is 0 Å². The molecule has 0 bridgehead atoms. The van der Waals surface area contributed by atoms with E-state index in [-0.39, 0.29) is 17.9 Å². The number of hydrogen-bond acceptors (Lipinski definition) is 3. The molecule has 0 radical (unpaired) electrons. The Morgan fingerprint density at radius 1 is 1.31 bits per heavy atom. The summed E-state index contributed by atoms with van der Waals surface area (Å²) in [5.74, 6) is -0.216. The van der Waals surface area contributed by atoms with Crippen LogP contribution in [0.15, 0.2) is 29.2 Å². The summed E-state index contributed by atoms with van der Waals surface area (Å²) in [5, 5.41) is 2.85. The monoisotopic (exact) mass is 238 g/mol. The normalized spacial score (nSPS) is 14.2. The molecule has 1 aromatic carbocycles. The highest BCUT2D eigenvalue weighted by Gasteiger charge is 2.16. The summed E-state index contributed by atoms with van der Waals surface area (Å²) in [4.78, 5) is 12.9. The van der Waals surface area contributed by atoms with Crippen molar-refractivity contribution in [2.45, 2.75) is 24.8 Å². The van der Waals surface area contributed by atoms with E-state index in [9.17, 15) is 4.79 Å². The minimum atomic E-state index is -0.180. The van der Waals surface area contributed by atoms with Gasteiger partial charge in [0.25, 0.3) is 0 Å². The fourth-order valence-corrected chi connectivity index (χ4v) is 1.58. The van der Waals surface area contributed by atoms with E-state index in [2.05, 4.69) is 5.32 Å². The van der Waals surface area contributed by atoms with Crippen LogP contribution in [0.3, 0.4) is 0 Å². The average Bonchev–Trinajstić information content (AvgIpc) is 2.28. The molecule has 2 atom stereocenters. The molecule has 0 aliphatic heterocycles. The van der Waals surface area contributed by atoms with Crippen LogP contribution in [-0.4, -0.2) is 18.2 Å². The molecule has 1 amide bonds. The van der Waals surface area contributed by atoms with Crippen LogP contribution in [0.4, 0.5) is 5.69 Å². The van der Waals surface area contributed by atoms with Gasteiger partial charge in [-0.3, -0.25) is 4.79 Å². The van der Waals surface area contributed by atoms with Crippen molar-refractivity contribution < 1.29 is 4.79 Å². The van der Waals surface area contributed by atoms with Crippen molar-refractivity contribution in [1.29, 1.82) is 0 Å². The molecule has 2 unspecified atom stereocenters. The van der Waals surface area contributed by atoms with Gasteiger partial charge in [-0.05, 0) is 37.4 Å².